The molecule has 0 aromatic carbocycles. The van der Waals surface area contributed by atoms with Crippen LogP contribution in [-0.2, 0) is 17.6 Å². The molecule has 2 unspecified atom stereocenters. The fourth-order valence-electron chi connectivity index (χ4n) is 3.89. The van der Waals surface area contributed by atoms with E-state index in [1.807, 2.05) is 74.8 Å². The first kappa shape index (κ1) is 21.5. The molecular weight excluding hydrogens is 396 g/mol. The van der Waals surface area contributed by atoms with Crippen molar-refractivity contribution in [2.24, 2.45) is 0 Å². The molecule has 0 radical (unpaired) electrons. The number of carbonyl (C=O) groups is 1. The molecule has 4 heterocycles. The molecule has 0 aliphatic heterocycles. The summed E-state index contributed by atoms with van der Waals surface area (Å²) in [7, 11) is 0. The third-order valence-corrected chi connectivity index (χ3v) is 5.74. The number of pyridine rings is 4. The van der Waals surface area contributed by atoms with Crippen molar-refractivity contribution in [1.82, 2.24) is 19.9 Å². The van der Waals surface area contributed by atoms with E-state index in [0.717, 1.165) is 33.6 Å². The molecule has 0 aliphatic carbocycles. The minimum absolute atomic E-state index is 0.162. The second-order valence-corrected chi connectivity index (χ2v) is 8.09. The van der Waals surface area contributed by atoms with Crippen LogP contribution in [0.15, 0.2) is 85.7 Å². The molecular formula is C27H26N4O. The lowest BCUT2D eigenvalue weighted by Gasteiger charge is -2.24. The average Bonchev–Trinajstić information content (AvgIpc) is 2.83. The molecule has 0 saturated carbocycles. The van der Waals surface area contributed by atoms with Gasteiger partial charge in [0, 0.05) is 60.4 Å². The summed E-state index contributed by atoms with van der Waals surface area (Å²) in [6, 6.07) is 15.8. The normalized spacial score (nSPS) is 12.8. The third-order valence-electron chi connectivity index (χ3n) is 5.74. The molecule has 4 aromatic heterocycles. The zero-order valence-electron chi connectivity index (χ0n) is 18.3. The van der Waals surface area contributed by atoms with Crippen molar-refractivity contribution in [1.29, 1.82) is 0 Å². The summed E-state index contributed by atoms with van der Waals surface area (Å²) in [6.45, 7) is 3.90. The van der Waals surface area contributed by atoms with Crippen LogP contribution in [0.1, 0.15) is 45.5 Å². The van der Waals surface area contributed by atoms with Crippen molar-refractivity contribution in [3.8, 4) is 0 Å². The number of rotatable bonds is 8. The van der Waals surface area contributed by atoms with Crippen LogP contribution < -0.4 is 0 Å². The molecule has 5 nitrogen and oxygen atoms in total. The summed E-state index contributed by atoms with van der Waals surface area (Å²) in [5, 5.41) is 0. The van der Waals surface area contributed by atoms with Gasteiger partial charge in [-0.2, -0.15) is 0 Å². The van der Waals surface area contributed by atoms with Crippen molar-refractivity contribution in [3.63, 3.8) is 0 Å². The first-order valence-electron chi connectivity index (χ1n) is 10.8. The largest absolute Gasteiger partial charge is 0.298 e. The Hall–Kier alpha value is -3.73. The van der Waals surface area contributed by atoms with E-state index < -0.39 is 0 Å². The molecule has 0 bridgehead atoms. The summed E-state index contributed by atoms with van der Waals surface area (Å²) in [4.78, 5) is 31.3. The van der Waals surface area contributed by atoms with Crippen LogP contribution in [0.5, 0.6) is 0 Å². The zero-order chi connectivity index (χ0) is 22.3. The van der Waals surface area contributed by atoms with Gasteiger partial charge in [0.15, 0.2) is 0 Å². The zero-order valence-corrected chi connectivity index (χ0v) is 18.3. The number of aromatic nitrogens is 4. The fourth-order valence-corrected chi connectivity index (χ4v) is 3.89. The molecule has 4 aromatic rings. The van der Waals surface area contributed by atoms with E-state index in [2.05, 4.69) is 19.9 Å². The van der Waals surface area contributed by atoms with Gasteiger partial charge in [-0.15, -0.1) is 0 Å². The molecule has 2 atom stereocenters. The monoisotopic (exact) mass is 422 g/mol. The van der Waals surface area contributed by atoms with Crippen LogP contribution >= 0.6 is 0 Å². The Bertz CT molecular complexity index is 1050. The molecule has 0 fully saturated rings. The van der Waals surface area contributed by atoms with E-state index in [-0.39, 0.29) is 17.6 Å². The van der Waals surface area contributed by atoms with E-state index in [0.29, 0.717) is 12.8 Å². The number of ketones is 1. The van der Waals surface area contributed by atoms with E-state index in [1.165, 1.54) is 0 Å². The van der Waals surface area contributed by atoms with Gasteiger partial charge in [-0.1, -0.05) is 12.1 Å². The van der Waals surface area contributed by atoms with E-state index in [1.54, 1.807) is 24.8 Å². The van der Waals surface area contributed by atoms with Crippen molar-refractivity contribution < 1.29 is 4.79 Å². The lowest BCUT2D eigenvalue weighted by molar-refractivity contribution is -0.122. The number of aryl methyl sites for hydroxylation is 2. The molecule has 4 rings (SSSR count). The van der Waals surface area contributed by atoms with Crippen LogP contribution in [0.25, 0.3) is 0 Å². The van der Waals surface area contributed by atoms with Gasteiger partial charge in [-0.3, -0.25) is 24.7 Å². The highest BCUT2D eigenvalue weighted by Gasteiger charge is 2.30. The van der Waals surface area contributed by atoms with Gasteiger partial charge < -0.3 is 0 Å². The van der Waals surface area contributed by atoms with Crippen molar-refractivity contribution >= 4 is 5.78 Å². The molecule has 32 heavy (non-hydrogen) atoms. The number of nitrogens with zero attached hydrogens (tertiary/aromatic N) is 4. The van der Waals surface area contributed by atoms with Gasteiger partial charge in [-0.25, -0.2) is 0 Å². The standard InChI is InChI=1S/C27H26N4O/c1-19-3-5-23(17-30-19)25(15-21-7-11-28-12-8-21)27(32)26(16-22-9-13-29-14-10-22)24-6-4-20(2)31-18-24/h3-14,17-18,25-26H,15-16H2,1-2H3. The van der Waals surface area contributed by atoms with E-state index >= 15 is 0 Å². The Labute approximate surface area is 188 Å². The topological polar surface area (TPSA) is 68.6 Å². The highest BCUT2D eigenvalue weighted by atomic mass is 16.1. The molecule has 0 amide bonds. The Morgan fingerprint density at radius 1 is 0.656 bits per heavy atom. The van der Waals surface area contributed by atoms with Crippen LogP contribution in [0.3, 0.4) is 0 Å². The third kappa shape index (κ3) is 5.30. The smallest absolute Gasteiger partial charge is 0.148 e. The van der Waals surface area contributed by atoms with Crippen molar-refractivity contribution in [2.45, 2.75) is 38.5 Å². The predicted octanol–water partition coefficient (Wildman–Crippen LogP) is 4.81. The molecule has 0 N–H and O–H groups in total. The van der Waals surface area contributed by atoms with Gasteiger partial charge in [0.05, 0.1) is 0 Å². The quantitative estimate of drug-likeness (QED) is 0.408. The highest BCUT2D eigenvalue weighted by Crippen LogP contribution is 2.31. The number of Topliss-reactive ketones (excluding diaryl/α,β-unsaturated/α-hetero) is 1. The van der Waals surface area contributed by atoms with Crippen LogP contribution in [0.4, 0.5) is 0 Å². The summed E-state index contributed by atoms with van der Waals surface area (Å²) >= 11 is 0. The maximum atomic E-state index is 14.1. The van der Waals surface area contributed by atoms with Crippen LogP contribution in [-0.4, -0.2) is 25.7 Å². The molecule has 0 saturated heterocycles. The molecule has 0 aliphatic rings. The minimum Gasteiger partial charge on any atom is -0.298 e. The Balaban J connectivity index is 1.73. The number of hydrogen-bond donors (Lipinski definition) is 0. The summed E-state index contributed by atoms with van der Waals surface area (Å²) in [5.74, 6) is -0.479. The SMILES string of the molecule is Cc1ccc(C(Cc2ccncc2)C(=O)C(Cc2ccncc2)c2ccc(C)nc2)cn1. The Morgan fingerprint density at radius 2 is 1.06 bits per heavy atom. The predicted molar refractivity (Wildman–Crippen MR) is 124 cm³/mol. The van der Waals surface area contributed by atoms with E-state index in [9.17, 15) is 4.79 Å². The lowest BCUT2D eigenvalue weighted by atomic mass is 9.79. The number of hydrogen-bond acceptors (Lipinski definition) is 5. The minimum atomic E-state index is -0.321. The van der Waals surface area contributed by atoms with Gasteiger partial charge in [0.25, 0.3) is 0 Å². The molecule has 0 spiro atoms. The second kappa shape index (κ2) is 10.1. The fraction of sp³-hybridized carbons (Fsp3) is 0.222. The Morgan fingerprint density at radius 3 is 1.41 bits per heavy atom. The first-order chi connectivity index (χ1) is 15.6. The van der Waals surface area contributed by atoms with Crippen LogP contribution in [0, 0.1) is 13.8 Å². The molecule has 160 valence electrons. The summed E-state index contributed by atoms with van der Waals surface area (Å²) in [6.07, 6.45) is 11.9. The lowest BCUT2D eigenvalue weighted by Crippen LogP contribution is -2.24. The highest BCUT2D eigenvalue weighted by molar-refractivity contribution is 5.92. The maximum absolute atomic E-state index is 14.1. The van der Waals surface area contributed by atoms with Gasteiger partial charge in [-0.05, 0) is 85.3 Å². The van der Waals surface area contributed by atoms with Gasteiger partial charge >= 0.3 is 0 Å². The molecule has 5 heteroatoms. The van der Waals surface area contributed by atoms with Gasteiger partial charge in [0.2, 0.25) is 0 Å². The van der Waals surface area contributed by atoms with Gasteiger partial charge in [0.1, 0.15) is 5.78 Å². The van der Waals surface area contributed by atoms with Crippen molar-refractivity contribution in [2.75, 3.05) is 0 Å². The summed E-state index contributed by atoms with van der Waals surface area (Å²) < 4.78 is 0. The van der Waals surface area contributed by atoms with Crippen LogP contribution in [0.2, 0.25) is 0 Å². The van der Waals surface area contributed by atoms with E-state index in [4.69, 9.17) is 0 Å². The van der Waals surface area contributed by atoms with Crippen molar-refractivity contribution in [3.05, 3.63) is 119 Å². The number of carbonyl (C=O) groups excluding carboxylic acids is 1. The average molecular weight is 423 g/mol. The first-order valence-corrected chi connectivity index (χ1v) is 10.8. The second-order valence-electron chi connectivity index (χ2n) is 8.09. The maximum Gasteiger partial charge on any atom is 0.148 e. The Kier molecular flexibility index (Phi) is 6.75. The summed E-state index contributed by atoms with van der Waals surface area (Å²) in [5.41, 5.74) is 5.86.